The van der Waals surface area contributed by atoms with Gasteiger partial charge in [0, 0.05) is 21.5 Å². The van der Waals surface area contributed by atoms with Crippen LogP contribution >= 0.6 is 15.9 Å². The molecule has 24 heavy (non-hydrogen) atoms. The lowest BCUT2D eigenvalue weighted by Crippen LogP contribution is -2.28. The van der Waals surface area contributed by atoms with Crippen molar-refractivity contribution < 1.29 is 13.9 Å². The van der Waals surface area contributed by atoms with Crippen LogP contribution < -0.4 is 10.1 Å². The number of ether oxygens (including phenoxy) is 1. The quantitative estimate of drug-likeness (QED) is 0.694. The van der Waals surface area contributed by atoms with E-state index >= 15 is 0 Å². The first-order valence-electron chi connectivity index (χ1n) is 7.66. The molecule has 3 aromatic rings. The van der Waals surface area contributed by atoms with Gasteiger partial charge >= 0.3 is 0 Å². The Morgan fingerprint density at radius 1 is 1.25 bits per heavy atom. The number of halogens is 1. The van der Waals surface area contributed by atoms with E-state index in [4.69, 9.17) is 9.15 Å². The summed E-state index contributed by atoms with van der Waals surface area (Å²) in [7, 11) is 1.61. The van der Waals surface area contributed by atoms with Gasteiger partial charge in [0.1, 0.15) is 11.3 Å². The van der Waals surface area contributed by atoms with Crippen LogP contribution in [0.1, 0.15) is 24.1 Å². The molecule has 1 amide bonds. The second kappa shape index (κ2) is 7.09. The van der Waals surface area contributed by atoms with Crippen molar-refractivity contribution in [1.82, 2.24) is 5.32 Å². The average Bonchev–Trinajstić information content (AvgIpc) is 2.97. The summed E-state index contributed by atoms with van der Waals surface area (Å²) in [6.45, 7) is 1.97. The number of fused-ring (bicyclic) bond motifs is 1. The second-order valence-corrected chi connectivity index (χ2v) is 6.56. The van der Waals surface area contributed by atoms with Crippen LogP contribution in [0.5, 0.6) is 5.75 Å². The minimum absolute atomic E-state index is 0.0380. The molecule has 0 spiro atoms. The topological polar surface area (TPSA) is 51.5 Å². The highest BCUT2D eigenvalue weighted by molar-refractivity contribution is 9.10. The van der Waals surface area contributed by atoms with Gasteiger partial charge in [-0.15, -0.1) is 0 Å². The first-order valence-corrected chi connectivity index (χ1v) is 8.45. The Morgan fingerprint density at radius 2 is 2.00 bits per heavy atom. The highest BCUT2D eigenvalue weighted by Crippen LogP contribution is 2.26. The lowest BCUT2D eigenvalue weighted by molar-refractivity contribution is -0.121. The van der Waals surface area contributed by atoms with Crippen molar-refractivity contribution in [1.29, 1.82) is 0 Å². The van der Waals surface area contributed by atoms with Crippen molar-refractivity contribution in [3.63, 3.8) is 0 Å². The number of carbonyl (C=O) groups is 1. The summed E-state index contributed by atoms with van der Waals surface area (Å²) in [6, 6.07) is 13.5. The Morgan fingerprint density at radius 3 is 2.71 bits per heavy atom. The van der Waals surface area contributed by atoms with E-state index in [9.17, 15) is 4.79 Å². The minimum Gasteiger partial charge on any atom is -0.497 e. The highest BCUT2D eigenvalue weighted by atomic mass is 79.9. The van der Waals surface area contributed by atoms with E-state index in [1.54, 1.807) is 13.4 Å². The molecule has 0 saturated heterocycles. The standard InChI is InChI=1S/C19H18BrNO3/c1-12(13-3-5-15(20)6-4-13)21-19(22)9-14-11-24-18-10-16(23-2)7-8-17(14)18/h3-8,10-12H,9H2,1-2H3,(H,21,22)/t12-/m0/s1. The van der Waals surface area contributed by atoms with Gasteiger partial charge in [-0.05, 0) is 36.8 Å². The Kier molecular flexibility index (Phi) is 4.90. The van der Waals surface area contributed by atoms with Gasteiger partial charge in [-0.2, -0.15) is 0 Å². The van der Waals surface area contributed by atoms with Gasteiger partial charge in [0.25, 0.3) is 0 Å². The zero-order chi connectivity index (χ0) is 17.1. The Labute approximate surface area is 148 Å². The summed E-state index contributed by atoms with van der Waals surface area (Å²) in [5, 5.41) is 3.95. The van der Waals surface area contributed by atoms with E-state index in [2.05, 4.69) is 21.2 Å². The fourth-order valence-electron chi connectivity index (χ4n) is 2.63. The monoisotopic (exact) mass is 387 g/mol. The number of carbonyl (C=O) groups excluding carboxylic acids is 1. The van der Waals surface area contributed by atoms with Crippen LogP contribution in [0.4, 0.5) is 0 Å². The van der Waals surface area contributed by atoms with Crippen LogP contribution in [0, 0.1) is 0 Å². The summed E-state index contributed by atoms with van der Waals surface area (Å²) in [6.07, 6.45) is 1.91. The van der Waals surface area contributed by atoms with Crippen LogP contribution in [0.25, 0.3) is 11.0 Å². The number of rotatable bonds is 5. The molecule has 3 rings (SSSR count). The number of methoxy groups -OCH3 is 1. The number of hydrogen-bond acceptors (Lipinski definition) is 3. The molecule has 0 bridgehead atoms. The lowest BCUT2D eigenvalue weighted by Gasteiger charge is -2.14. The second-order valence-electron chi connectivity index (χ2n) is 5.64. The number of benzene rings is 2. The van der Waals surface area contributed by atoms with Crippen molar-refractivity contribution in [2.24, 2.45) is 0 Å². The maximum absolute atomic E-state index is 12.3. The van der Waals surface area contributed by atoms with Gasteiger partial charge in [-0.25, -0.2) is 0 Å². The molecule has 1 heterocycles. The first-order chi connectivity index (χ1) is 11.6. The molecule has 1 N–H and O–H groups in total. The van der Waals surface area contributed by atoms with E-state index in [1.165, 1.54) is 0 Å². The minimum atomic E-state index is -0.0520. The number of hydrogen-bond donors (Lipinski definition) is 1. The molecule has 0 fully saturated rings. The van der Waals surface area contributed by atoms with E-state index in [0.29, 0.717) is 0 Å². The molecule has 4 nitrogen and oxygen atoms in total. The van der Waals surface area contributed by atoms with Crippen molar-refractivity contribution in [2.45, 2.75) is 19.4 Å². The summed E-state index contributed by atoms with van der Waals surface area (Å²) in [5.74, 6) is 0.695. The zero-order valence-corrected chi connectivity index (χ0v) is 15.1. The van der Waals surface area contributed by atoms with Gasteiger partial charge in [0.15, 0.2) is 0 Å². The molecule has 0 unspecified atom stereocenters. The highest BCUT2D eigenvalue weighted by Gasteiger charge is 2.14. The summed E-state index contributed by atoms with van der Waals surface area (Å²) < 4.78 is 11.7. The van der Waals surface area contributed by atoms with Crippen LogP contribution in [0.2, 0.25) is 0 Å². The fourth-order valence-corrected chi connectivity index (χ4v) is 2.89. The summed E-state index contributed by atoms with van der Waals surface area (Å²) in [5.41, 5.74) is 2.65. The van der Waals surface area contributed by atoms with Gasteiger partial charge in [-0.1, -0.05) is 28.1 Å². The van der Waals surface area contributed by atoms with Crippen LogP contribution in [0.15, 0.2) is 57.6 Å². The summed E-state index contributed by atoms with van der Waals surface area (Å²) >= 11 is 3.41. The van der Waals surface area contributed by atoms with Gasteiger partial charge in [-0.3, -0.25) is 4.79 Å². The third kappa shape index (κ3) is 3.62. The molecule has 0 aliphatic rings. The van der Waals surface area contributed by atoms with Crippen molar-refractivity contribution in [3.05, 3.63) is 64.3 Å². The number of amides is 1. The Bertz CT molecular complexity index is 855. The zero-order valence-electron chi connectivity index (χ0n) is 13.5. The molecule has 0 aliphatic carbocycles. The van der Waals surface area contributed by atoms with Crippen LogP contribution in [-0.4, -0.2) is 13.0 Å². The molecule has 5 heteroatoms. The van der Waals surface area contributed by atoms with Gasteiger partial charge < -0.3 is 14.5 Å². The number of nitrogens with one attached hydrogen (secondary N) is 1. The predicted octanol–water partition coefficient (Wildman–Crippen LogP) is 4.62. The van der Waals surface area contributed by atoms with E-state index < -0.39 is 0 Å². The van der Waals surface area contributed by atoms with Crippen molar-refractivity contribution in [2.75, 3.05) is 7.11 Å². The van der Waals surface area contributed by atoms with Gasteiger partial charge in [0.2, 0.25) is 5.91 Å². The Hall–Kier alpha value is -2.27. The van der Waals surface area contributed by atoms with E-state index in [-0.39, 0.29) is 18.4 Å². The third-order valence-electron chi connectivity index (χ3n) is 3.96. The summed E-state index contributed by atoms with van der Waals surface area (Å²) in [4.78, 5) is 12.3. The predicted molar refractivity (Wildman–Crippen MR) is 97.2 cm³/mol. The van der Waals surface area contributed by atoms with Crippen molar-refractivity contribution >= 4 is 32.8 Å². The van der Waals surface area contributed by atoms with Crippen molar-refractivity contribution in [3.8, 4) is 5.75 Å². The normalized spacial score (nSPS) is 12.1. The SMILES string of the molecule is COc1ccc2c(CC(=O)N[C@@H](C)c3ccc(Br)cc3)coc2c1. The number of furan rings is 1. The van der Waals surface area contributed by atoms with Crippen LogP contribution in [-0.2, 0) is 11.2 Å². The molecule has 124 valence electrons. The smallest absolute Gasteiger partial charge is 0.225 e. The lowest BCUT2D eigenvalue weighted by atomic mass is 10.1. The third-order valence-corrected chi connectivity index (χ3v) is 4.49. The largest absolute Gasteiger partial charge is 0.497 e. The van der Waals surface area contributed by atoms with Crippen LogP contribution in [0.3, 0.4) is 0 Å². The molecule has 0 saturated carbocycles. The fraction of sp³-hybridized carbons (Fsp3) is 0.211. The molecular weight excluding hydrogens is 370 g/mol. The maximum Gasteiger partial charge on any atom is 0.225 e. The van der Waals surface area contributed by atoms with Gasteiger partial charge in [0.05, 0.1) is 25.8 Å². The molecule has 1 aromatic heterocycles. The molecule has 0 radical (unpaired) electrons. The first kappa shape index (κ1) is 16.6. The molecule has 1 atom stereocenters. The average molecular weight is 388 g/mol. The molecular formula is C19H18BrNO3. The van der Waals surface area contributed by atoms with E-state index in [0.717, 1.165) is 32.3 Å². The molecule has 2 aromatic carbocycles. The van der Waals surface area contributed by atoms with E-state index in [1.807, 2.05) is 49.4 Å². The molecule has 0 aliphatic heterocycles. The maximum atomic E-state index is 12.3. The Balaban J connectivity index is 1.69.